The van der Waals surface area contributed by atoms with E-state index < -0.39 is 0 Å². The molecule has 1 aliphatic heterocycles. The molecule has 1 amide bonds. The number of carbonyl (C=O) groups is 1. The van der Waals surface area contributed by atoms with Crippen LogP contribution in [0.2, 0.25) is 0 Å². The number of nitro groups is 1. The highest BCUT2D eigenvalue weighted by Crippen LogP contribution is 2.33. The molecule has 3 aromatic rings. The largest absolute Gasteiger partial charge is 0.368 e. The Morgan fingerprint density at radius 2 is 1.88 bits per heavy atom. The number of fused-ring (bicyclic) bond motifs is 1. The number of hydrogen-bond acceptors (Lipinski definition) is 7. The topological polar surface area (TPSA) is 91.6 Å². The number of nitro benzene ring substituents is 1. The molecule has 1 N–H and O–H groups in total. The number of piperazine rings is 1. The van der Waals surface area contributed by atoms with Gasteiger partial charge in [-0.05, 0) is 37.4 Å². The maximum Gasteiger partial charge on any atom is 0.278 e. The summed E-state index contributed by atoms with van der Waals surface area (Å²) in [7, 11) is 0. The van der Waals surface area contributed by atoms with Gasteiger partial charge in [-0.3, -0.25) is 24.8 Å². The molecule has 8 nitrogen and oxygen atoms in total. The summed E-state index contributed by atoms with van der Waals surface area (Å²) >= 11 is 1.60. The van der Waals surface area contributed by atoms with Crippen LogP contribution in [0.1, 0.15) is 6.92 Å². The fourth-order valence-corrected chi connectivity index (χ4v) is 4.65. The minimum Gasteiger partial charge on any atom is -0.368 e. The first kappa shape index (κ1) is 22.0. The number of nitrogens with one attached hydrogen (secondary N) is 1. The second-order valence-electron chi connectivity index (χ2n) is 7.67. The molecule has 0 bridgehead atoms. The molecule has 0 spiro atoms. The van der Waals surface area contributed by atoms with Crippen LogP contribution in [0, 0.1) is 10.1 Å². The molecule has 9 heteroatoms. The predicted octanol–water partition coefficient (Wildman–Crippen LogP) is 4.01. The number of amides is 1. The maximum absolute atomic E-state index is 12.9. The van der Waals surface area contributed by atoms with Gasteiger partial charge in [0.25, 0.3) is 5.69 Å². The summed E-state index contributed by atoms with van der Waals surface area (Å²) in [6, 6.07) is 12.7. The Bertz CT molecular complexity index is 1150. The second-order valence-corrected chi connectivity index (χ2v) is 8.52. The Morgan fingerprint density at radius 3 is 2.59 bits per heavy atom. The first-order valence-corrected chi connectivity index (χ1v) is 11.7. The maximum atomic E-state index is 12.9. The first-order valence-electron chi connectivity index (χ1n) is 10.4. The lowest BCUT2D eigenvalue weighted by molar-refractivity contribution is -0.383. The molecule has 0 unspecified atom stereocenters. The van der Waals surface area contributed by atoms with Crippen LogP contribution in [0.4, 0.5) is 17.1 Å². The van der Waals surface area contributed by atoms with Crippen LogP contribution in [0.25, 0.3) is 10.8 Å². The van der Waals surface area contributed by atoms with E-state index in [0.29, 0.717) is 5.39 Å². The van der Waals surface area contributed by atoms with Gasteiger partial charge in [-0.15, -0.1) is 11.8 Å². The SMILES string of the molecule is CSc1ccccc1NC(=O)[C@H](C)N1CCN(c2ccc([N+](=O)[O-])c3cnccc23)CC1. The van der Waals surface area contributed by atoms with Gasteiger partial charge in [-0.1, -0.05) is 12.1 Å². The van der Waals surface area contributed by atoms with E-state index in [1.54, 1.807) is 30.2 Å². The summed E-state index contributed by atoms with van der Waals surface area (Å²) in [6.45, 7) is 4.84. The van der Waals surface area contributed by atoms with Crippen LogP contribution in [-0.2, 0) is 4.79 Å². The zero-order valence-electron chi connectivity index (χ0n) is 18.0. The molecule has 4 rings (SSSR count). The van der Waals surface area contributed by atoms with E-state index in [-0.39, 0.29) is 22.6 Å². The van der Waals surface area contributed by atoms with Gasteiger partial charge in [0.15, 0.2) is 0 Å². The number of hydrogen-bond donors (Lipinski definition) is 1. The number of carbonyl (C=O) groups excluding carboxylic acids is 1. The van der Waals surface area contributed by atoms with Crippen LogP contribution < -0.4 is 10.2 Å². The minimum absolute atomic E-state index is 0.0215. The Kier molecular flexibility index (Phi) is 6.57. The van der Waals surface area contributed by atoms with Crippen molar-refractivity contribution in [1.29, 1.82) is 0 Å². The monoisotopic (exact) mass is 451 g/mol. The van der Waals surface area contributed by atoms with Crippen LogP contribution in [0.15, 0.2) is 59.8 Å². The highest BCUT2D eigenvalue weighted by Gasteiger charge is 2.27. The molecule has 2 heterocycles. The number of non-ortho nitro benzene ring substituents is 1. The average Bonchev–Trinajstić information content (AvgIpc) is 2.83. The average molecular weight is 452 g/mol. The van der Waals surface area contributed by atoms with Crippen molar-refractivity contribution in [3.8, 4) is 0 Å². The number of rotatable bonds is 6. The first-order chi connectivity index (χ1) is 15.5. The van der Waals surface area contributed by atoms with Crippen molar-refractivity contribution in [3.05, 3.63) is 65.0 Å². The van der Waals surface area contributed by atoms with Gasteiger partial charge < -0.3 is 10.2 Å². The molecule has 1 aromatic heterocycles. The molecular formula is C23H25N5O3S. The smallest absolute Gasteiger partial charge is 0.278 e. The van der Waals surface area contributed by atoms with E-state index in [1.807, 2.05) is 49.6 Å². The molecule has 1 atom stereocenters. The number of anilines is 2. The van der Waals surface area contributed by atoms with Crippen LogP contribution in [-0.4, -0.2) is 59.2 Å². The summed E-state index contributed by atoms with van der Waals surface area (Å²) in [5, 5.41) is 15.8. The lowest BCUT2D eigenvalue weighted by Crippen LogP contribution is -2.52. The quantitative estimate of drug-likeness (QED) is 0.344. The Labute approximate surface area is 190 Å². The molecule has 1 fully saturated rings. The number of benzene rings is 2. The van der Waals surface area contributed by atoms with E-state index in [1.165, 1.54) is 0 Å². The Balaban J connectivity index is 1.45. The van der Waals surface area contributed by atoms with Gasteiger partial charge in [-0.2, -0.15) is 0 Å². The van der Waals surface area contributed by atoms with Crippen molar-refractivity contribution in [2.75, 3.05) is 42.7 Å². The minimum atomic E-state index is -0.374. The number of nitrogens with zero attached hydrogens (tertiary/aromatic N) is 4. The lowest BCUT2D eigenvalue weighted by Gasteiger charge is -2.39. The highest BCUT2D eigenvalue weighted by atomic mass is 32.2. The number of pyridine rings is 1. The van der Waals surface area contributed by atoms with Crippen molar-refractivity contribution in [2.24, 2.45) is 0 Å². The van der Waals surface area contributed by atoms with E-state index >= 15 is 0 Å². The molecule has 166 valence electrons. The van der Waals surface area contributed by atoms with Gasteiger partial charge in [0.1, 0.15) is 0 Å². The third-order valence-corrected chi connectivity index (χ3v) is 6.71. The second kappa shape index (κ2) is 9.54. The van der Waals surface area contributed by atoms with E-state index in [4.69, 9.17) is 0 Å². The Morgan fingerprint density at radius 1 is 1.12 bits per heavy atom. The molecule has 0 saturated carbocycles. The van der Waals surface area contributed by atoms with E-state index in [0.717, 1.165) is 47.8 Å². The van der Waals surface area contributed by atoms with E-state index in [2.05, 4.69) is 20.1 Å². The molecular weight excluding hydrogens is 426 g/mol. The van der Waals surface area contributed by atoms with Gasteiger partial charge in [0, 0.05) is 60.6 Å². The number of aromatic nitrogens is 1. The van der Waals surface area contributed by atoms with Crippen LogP contribution >= 0.6 is 11.8 Å². The Hall–Kier alpha value is -3.17. The van der Waals surface area contributed by atoms with Crippen LogP contribution in [0.5, 0.6) is 0 Å². The zero-order valence-corrected chi connectivity index (χ0v) is 18.8. The molecule has 0 radical (unpaired) electrons. The van der Waals surface area contributed by atoms with Gasteiger partial charge in [0.2, 0.25) is 5.91 Å². The fourth-order valence-electron chi connectivity index (χ4n) is 4.10. The van der Waals surface area contributed by atoms with Crippen molar-refractivity contribution in [1.82, 2.24) is 9.88 Å². The van der Waals surface area contributed by atoms with Crippen LogP contribution in [0.3, 0.4) is 0 Å². The normalized spacial score (nSPS) is 15.5. The molecule has 1 aliphatic rings. The zero-order chi connectivity index (χ0) is 22.7. The third-order valence-electron chi connectivity index (χ3n) is 5.92. The summed E-state index contributed by atoms with van der Waals surface area (Å²) in [5.74, 6) is -0.0215. The van der Waals surface area contributed by atoms with E-state index in [9.17, 15) is 14.9 Å². The number of thioether (sulfide) groups is 1. The molecule has 0 aliphatic carbocycles. The lowest BCUT2D eigenvalue weighted by atomic mass is 10.1. The summed E-state index contributed by atoms with van der Waals surface area (Å²) in [5.41, 5.74) is 1.85. The van der Waals surface area contributed by atoms with Crippen molar-refractivity contribution < 1.29 is 9.72 Å². The number of para-hydroxylation sites is 1. The molecule has 32 heavy (non-hydrogen) atoms. The highest BCUT2D eigenvalue weighted by molar-refractivity contribution is 7.98. The predicted molar refractivity (Wildman–Crippen MR) is 128 cm³/mol. The third kappa shape index (κ3) is 4.39. The van der Waals surface area contributed by atoms with Crippen molar-refractivity contribution in [3.63, 3.8) is 0 Å². The van der Waals surface area contributed by atoms with Gasteiger partial charge in [0.05, 0.1) is 22.0 Å². The summed E-state index contributed by atoms with van der Waals surface area (Å²) < 4.78 is 0. The van der Waals surface area contributed by atoms with Crippen molar-refractivity contribution >= 4 is 45.5 Å². The fraction of sp³-hybridized carbons (Fsp3) is 0.304. The molecule has 2 aromatic carbocycles. The summed E-state index contributed by atoms with van der Waals surface area (Å²) in [4.78, 5) is 33.4. The molecule has 1 saturated heterocycles. The van der Waals surface area contributed by atoms with Gasteiger partial charge >= 0.3 is 0 Å². The van der Waals surface area contributed by atoms with Gasteiger partial charge in [-0.25, -0.2) is 0 Å². The van der Waals surface area contributed by atoms with Crippen molar-refractivity contribution in [2.45, 2.75) is 17.9 Å². The summed E-state index contributed by atoms with van der Waals surface area (Å²) in [6.07, 6.45) is 5.20. The standard InChI is InChI=1S/C23H25N5O3S/c1-16(23(29)25-19-5-3-4-6-22(19)32-2)26-11-13-27(14-12-26)20-7-8-21(28(30)31)18-15-24-10-9-17(18)20/h3-10,15-16H,11-14H2,1-2H3,(H,25,29)/t16-/m0/s1.